The highest BCUT2D eigenvalue weighted by atomic mass is 32.2. The van der Waals surface area contributed by atoms with E-state index in [1.165, 1.54) is 11.8 Å². The molecule has 2 aromatic rings. The molecule has 1 aliphatic rings. The van der Waals surface area contributed by atoms with Crippen molar-refractivity contribution in [1.82, 2.24) is 0 Å². The van der Waals surface area contributed by atoms with Crippen LogP contribution < -0.4 is 4.74 Å². The van der Waals surface area contributed by atoms with Gasteiger partial charge in [-0.05, 0) is 29.8 Å². The maximum absolute atomic E-state index is 12.4. The van der Waals surface area contributed by atoms with Crippen molar-refractivity contribution in [2.24, 2.45) is 4.99 Å². The Morgan fingerprint density at radius 3 is 2.50 bits per heavy atom. The summed E-state index contributed by atoms with van der Waals surface area (Å²) in [6.07, 6.45) is 1.19. The summed E-state index contributed by atoms with van der Waals surface area (Å²) in [6, 6.07) is 17.1. The van der Waals surface area contributed by atoms with Crippen LogP contribution in [0.2, 0.25) is 0 Å². The number of benzene rings is 2. The first-order valence-electron chi connectivity index (χ1n) is 7.53. The lowest BCUT2D eigenvalue weighted by Gasteiger charge is -2.24. The fraction of sp³-hybridized carbons (Fsp3) is 0.158. The Kier molecular flexibility index (Phi) is 5.01. The number of carbonyl (C=O) groups excluding carboxylic acids is 1. The monoisotopic (exact) mass is 339 g/mol. The van der Waals surface area contributed by atoms with Gasteiger partial charge in [-0.1, -0.05) is 42.1 Å². The molecule has 0 radical (unpaired) electrons. The zero-order valence-electron chi connectivity index (χ0n) is 13.2. The molecule has 0 spiro atoms. The Morgan fingerprint density at radius 2 is 1.88 bits per heavy atom. The number of aliphatic imine (C=N–C) groups is 1. The first-order valence-corrected chi connectivity index (χ1v) is 8.41. The van der Waals surface area contributed by atoms with Crippen LogP contribution in [0.5, 0.6) is 5.75 Å². The van der Waals surface area contributed by atoms with Crippen LogP contribution in [0.4, 0.5) is 5.69 Å². The zero-order chi connectivity index (χ0) is 16.9. The number of carbonyl (C=O) groups is 1. The Balaban J connectivity index is 1.92. The van der Waals surface area contributed by atoms with Crippen LogP contribution >= 0.6 is 11.8 Å². The first kappa shape index (κ1) is 16.3. The fourth-order valence-electron chi connectivity index (χ4n) is 2.48. The van der Waals surface area contributed by atoms with E-state index in [9.17, 15) is 9.90 Å². The van der Waals surface area contributed by atoms with E-state index in [1.807, 2.05) is 54.6 Å². The third-order valence-electron chi connectivity index (χ3n) is 3.76. The summed E-state index contributed by atoms with van der Waals surface area (Å²) < 4.78 is 5.17. The van der Waals surface area contributed by atoms with Gasteiger partial charge in [-0.25, -0.2) is 4.99 Å². The standard InChI is InChI=1S/C19H17NO3S/c1-23-15-9-7-13(8-10-15)18-11-17(22)16(12-21)19(24-18)20-14-5-3-2-4-6-14/h2-10,12,18,21H,11H2,1H3/b16-12+,20-19?/t18-/m0/s1. The van der Waals surface area contributed by atoms with Crippen molar-refractivity contribution in [3.8, 4) is 5.75 Å². The van der Waals surface area contributed by atoms with Gasteiger partial charge in [0, 0.05) is 11.7 Å². The maximum Gasteiger partial charge on any atom is 0.170 e. The van der Waals surface area contributed by atoms with Gasteiger partial charge >= 0.3 is 0 Å². The van der Waals surface area contributed by atoms with E-state index >= 15 is 0 Å². The molecule has 1 saturated heterocycles. The number of thioether (sulfide) groups is 1. The molecular weight excluding hydrogens is 322 g/mol. The molecule has 0 aromatic heterocycles. The summed E-state index contributed by atoms with van der Waals surface area (Å²) in [6.45, 7) is 0. The van der Waals surface area contributed by atoms with E-state index in [0.29, 0.717) is 11.5 Å². The minimum Gasteiger partial charge on any atom is -0.515 e. The third kappa shape index (κ3) is 3.51. The van der Waals surface area contributed by atoms with Crippen molar-refractivity contribution in [2.75, 3.05) is 7.11 Å². The molecule has 1 N–H and O–H groups in total. The van der Waals surface area contributed by atoms with Gasteiger partial charge in [0.1, 0.15) is 10.8 Å². The molecule has 4 nitrogen and oxygen atoms in total. The molecule has 0 aliphatic carbocycles. The zero-order valence-corrected chi connectivity index (χ0v) is 14.0. The molecule has 0 saturated carbocycles. The van der Waals surface area contributed by atoms with Crippen molar-refractivity contribution in [1.29, 1.82) is 0 Å². The number of nitrogens with zero attached hydrogens (tertiary/aromatic N) is 1. The molecule has 0 bridgehead atoms. The largest absolute Gasteiger partial charge is 0.515 e. The highest BCUT2D eigenvalue weighted by Gasteiger charge is 2.31. The molecule has 5 heteroatoms. The Bertz CT molecular complexity index is 782. The lowest BCUT2D eigenvalue weighted by Crippen LogP contribution is -2.20. The molecule has 1 aliphatic heterocycles. The van der Waals surface area contributed by atoms with E-state index in [4.69, 9.17) is 4.74 Å². The fourth-order valence-corrected chi connectivity index (χ4v) is 3.72. The summed E-state index contributed by atoms with van der Waals surface area (Å²) >= 11 is 1.49. The lowest BCUT2D eigenvalue weighted by atomic mass is 10.0. The second kappa shape index (κ2) is 7.36. The Hall–Kier alpha value is -2.53. The number of hydrogen-bond donors (Lipinski definition) is 1. The summed E-state index contributed by atoms with van der Waals surface area (Å²) in [4.78, 5) is 16.9. The van der Waals surface area contributed by atoms with Crippen LogP contribution in [0.25, 0.3) is 0 Å². The Labute approximate surface area is 144 Å². The molecule has 0 amide bonds. The quantitative estimate of drug-likeness (QED) is 0.655. The van der Waals surface area contributed by atoms with E-state index in [-0.39, 0.29) is 16.6 Å². The van der Waals surface area contributed by atoms with Crippen LogP contribution in [-0.2, 0) is 4.79 Å². The Morgan fingerprint density at radius 1 is 1.17 bits per heavy atom. The van der Waals surface area contributed by atoms with Gasteiger partial charge in [-0.3, -0.25) is 4.79 Å². The topological polar surface area (TPSA) is 58.9 Å². The number of methoxy groups -OCH3 is 1. The van der Waals surface area contributed by atoms with Crippen LogP contribution in [0.15, 0.2) is 71.4 Å². The van der Waals surface area contributed by atoms with Crippen LogP contribution in [0.1, 0.15) is 17.2 Å². The van der Waals surface area contributed by atoms with E-state index in [0.717, 1.165) is 23.3 Å². The van der Waals surface area contributed by atoms with Crippen molar-refractivity contribution >= 4 is 28.3 Å². The second-order valence-electron chi connectivity index (χ2n) is 5.30. The summed E-state index contributed by atoms with van der Waals surface area (Å²) in [5.74, 6) is 0.673. The van der Waals surface area contributed by atoms with Gasteiger partial charge < -0.3 is 9.84 Å². The van der Waals surface area contributed by atoms with E-state index < -0.39 is 0 Å². The smallest absolute Gasteiger partial charge is 0.170 e. The van der Waals surface area contributed by atoms with Crippen LogP contribution in [0, 0.1) is 0 Å². The minimum absolute atomic E-state index is 0.0328. The molecule has 3 rings (SSSR count). The molecule has 1 fully saturated rings. The predicted molar refractivity (Wildman–Crippen MR) is 97.2 cm³/mol. The number of aliphatic hydroxyl groups excluding tert-OH is 1. The highest BCUT2D eigenvalue weighted by Crippen LogP contribution is 2.41. The van der Waals surface area contributed by atoms with Crippen molar-refractivity contribution in [3.63, 3.8) is 0 Å². The molecular formula is C19H17NO3S. The van der Waals surface area contributed by atoms with Gasteiger partial charge in [0.25, 0.3) is 0 Å². The third-order valence-corrected chi connectivity index (χ3v) is 5.02. The average molecular weight is 339 g/mol. The number of ether oxygens (including phenoxy) is 1. The van der Waals surface area contributed by atoms with Crippen molar-refractivity contribution < 1.29 is 14.6 Å². The summed E-state index contributed by atoms with van der Waals surface area (Å²) in [5, 5.41) is 9.95. The number of Topliss-reactive ketones (excluding diaryl/α,β-unsaturated/α-hetero) is 1. The molecule has 24 heavy (non-hydrogen) atoms. The second-order valence-corrected chi connectivity index (χ2v) is 6.49. The number of hydrogen-bond acceptors (Lipinski definition) is 5. The highest BCUT2D eigenvalue weighted by molar-refractivity contribution is 8.14. The first-order chi connectivity index (χ1) is 11.7. The number of ketones is 1. The van der Waals surface area contributed by atoms with Crippen molar-refractivity contribution in [3.05, 3.63) is 72.0 Å². The molecule has 122 valence electrons. The molecule has 1 heterocycles. The van der Waals surface area contributed by atoms with Gasteiger partial charge in [-0.2, -0.15) is 0 Å². The average Bonchev–Trinajstić information content (AvgIpc) is 2.62. The van der Waals surface area contributed by atoms with E-state index in [2.05, 4.69) is 4.99 Å². The molecule has 2 aromatic carbocycles. The number of para-hydroxylation sites is 1. The van der Waals surface area contributed by atoms with Crippen LogP contribution in [0.3, 0.4) is 0 Å². The van der Waals surface area contributed by atoms with E-state index in [1.54, 1.807) is 7.11 Å². The lowest BCUT2D eigenvalue weighted by molar-refractivity contribution is -0.115. The van der Waals surface area contributed by atoms with Gasteiger partial charge in [0.15, 0.2) is 5.78 Å². The van der Waals surface area contributed by atoms with Crippen molar-refractivity contribution in [2.45, 2.75) is 11.7 Å². The SMILES string of the molecule is COc1ccc([C@@H]2CC(=O)/C(=C\O)C(=Nc3ccccc3)S2)cc1. The van der Waals surface area contributed by atoms with Gasteiger partial charge in [0.05, 0.1) is 24.6 Å². The van der Waals surface area contributed by atoms with Gasteiger partial charge in [-0.15, -0.1) is 0 Å². The molecule has 0 unspecified atom stereocenters. The normalized spacial score (nSPS) is 21.2. The van der Waals surface area contributed by atoms with Gasteiger partial charge in [0.2, 0.25) is 0 Å². The maximum atomic E-state index is 12.4. The predicted octanol–water partition coefficient (Wildman–Crippen LogP) is 4.61. The number of aliphatic hydroxyl groups is 1. The van der Waals surface area contributed by atoms with Crippen LogP contribution in [-0.4, -0.2) is 23.0 Å². The minimum atomic E-state index is -0.105. The number of rotatable bonds is 3. The molecule has 1 atom stereocenters. The summed E-state index contributed by atoms with van der Waals surface area (Å²) in [5.41, 5.74) is 2.06. The summed E-state index contributed by atoms with van der Waals surface area (Å²) in [7, 11) is 1.62.